The lowest BCUT2D eigenvalue weighted by Gasteiger charge is -2.31. The van der Waals surface area contributed by atoms with Crippen LogP contribution in [0.15, 0.2) is 66.7 Å². The Balaban J connectivity index is 1.67. The maximum atomic E-state index is 13.4. The highest BCUT2D eigenvalue weighted by Gasteiger charge is 2.46. The first-order valence-electron chi connectivity index (χ1n) is 12.1. The molecule has 1 heterocycles. The van der Waals surface area contributed by atoms with Crippen LogP contribution in [0.2, 0.25) is 0 Å². The van der Waals surface area contributed by atoms with Gasteiger partial charge in [-0.25, -0.2) is 4.79 Å². The van der Waals surface area contributed by atoms with Gasteiger partial charge in [-0.1, -0.05) is 30.3 Å². The molecule has 1 aliphatic rings. The van der Waals surface area contributed by atoms with Crippen LogP contribution in [-0.2, 0) is 22.6 Å². The molecule has 0 aromatic heterocycles. The van der Waals surface area contributed by atoms with Crippen LogP contribution >= 0.6 is 0 Å². The summed E-state index contributed by atoms with van der Waals surface area (Å²) in [5, 5.41) is 2.91. The first kappa shape index (κ1) is 29.1. The first-order chi connectivity index (χ1) is 18.8. The summed E-state index contributed by atoms with van der Waals surface area (Å²) in [4.78, 5) is 14.7. The minimum atomic E-state index is -4.99. The normalized spacial score (nSPS) is 18.4. The molecule has 0 radical (unpaired) electrons. The average molecular weight is 569 g/mol. The highest BCUT2D eigenvalue weighted by atomic mass is 19.4. The zero-order valence-corrected chi connectivity index (χ0v) is 21.7. The van der Waals surface area contributed by atoms with Crippen molar-refractivity contribution in [3.63, 3.8) is 0 Å². The second-order valence-corrected chi connectivity index (χ2v) is 9.29. The van der Waals surface area contributed by atoms with Crippen molar-refractivity contribution in [3.05, 3.63) is 89.0 Å². The zero-order chi connectivity index (χ0) is 29.3. The van der Waals surface area contributed by atoms with Crippen molar-refractivity contribution < 1.29 is 45.3 Å². The third-order valence-electron chi connectivity index (χ3n) is 6.68. The monoisotopic (exact) mass is 568 g/mol. The largest absolute Gasteiger partial charge is 0.497 e. The number of carbonyl (C=O) groups is 1. The lowest BCUT2D eigenvalue weighted by atomic mass is 9.91. The second kappa shape index (κ2) is 10.9. The third-order valence-corrected chi connectivity index (χ3v) is 6.68. The van der Waals surface area contributed by atoms with E-state index in [1.165, 1.54) is 26.0 Å². The Morgan fingerprint density at radius 2 is 1.52 bits per heavy atom. The number of urea groups is 1. The van der Waals surface area contributed by atoms with Crippen molar-refractivity contribution in [2.24, 2.45) is 0 Å². The van der Waals surface area contributed by atoms with Crippen LogP contribution in [0, 0.1) is 0 Å². The molecule has 2 amide bonds. The van der Waals surface area contributed by atoms with Crippen molar-refractivity contribution in [3.8, 4) is 11.5 Å². The first-order valence-corrected chi connectivity index (χ1v) is 12.1. The Morgan fingerprint density at radius 3 is 2.08 bits per heavy atom. The Bertz CT molecular complexity index is 1330. The van der Waals surface area contributed by atoms with Crippen molar-refractivity contribution >= 4 is 11.7 Å². The van der Waals surface area contributed by atoms with Gasteiger partial charge in [-0.3, -0.25) is 4.90 Å². The number of carbonyl (C=O) groups excluding carboxylic acids is 1. The lowest BCUT2D eigenvalue weighted by Crippen LogP contribution is -2.45. The van der Waals surface area contributed by atoms with E-state index in [9.17, 15) is 31.1 Å². The summed E-state index contributed by atoms with van der Waals surface area (Å²) < 4.78 is 96.9. The van der Waals surface area contributed by atoms with Crippen molar-refractivity contribution in [1.29, 1.82) is 0 Å². The van der Waals surface area contributed by atoms with E-state index in [0.29, 0.717) is 34.9 Å². The van der Waals surface area contributed by atoms with E-state index in [2.05, 4.69) is 5.32 Å². The van der Waals surface area contributed by atoms with Crippen LogP contribution in [0.5, 0.6) is 11.5 Å². The van der Waals surface area contributed by atoms with Gasteiger partial charge in [0.15, 0.2) is 0 Å². The number of nitrogens with zero attached hydrogens (tertiary/aromatic N) is 1. The number of ether oxygens (including phenoxy) is 3. The molecule has 1 saturated heterocycles. The number of methoxy groups -OCH3 is 2. The van der Waals surface area contributed by atoms with E-state index in [1.807, 2.05) is 0 Å². The van der Waals surface area contributed by atoms with Gasteiger partial charge >= 0.3 is 18.4 Å². The smallest absolute Gasteiger partial charge is 0.416 e. The number of rotatable bonds is 8. The van der Waals surface area contributed by atoms with Gasteiger partial charge in [0.2, 0.25) is 0 Å². The molecule has 40 heavy (non-hydrogen) atoms. The van der Waals surface area contributed by atoms with E-state index in [0.717, 1.165) is 0 Å². The standard InChI is InChI=1S/C28H26F6N2O4/c1-17(18-11-20(27(29,30)31)13-21(12-18)28(32,33)34)40-16-26(19-7-5-4-6-8-19)15-36(25(37)35-26)23-10-9-22(38-2)14-24(23)39-3/h4-14,17H,15-16H2,1-3H3,(H,35,37)/t17-,26-/m1/s1. The van der Waals surface area contributed by atoms with Gasteiger partial charge in [-0.05, 0) is 48.4 Å². The van der Waals surface area contributed by atoms with Gasteiger partial charge in [0.25, 0.3) is 0 Å². The number of anilines is 1. The fourth-order valence-corrected chi connectivity index (χ4v) is 4.52. The topological polar surface area (TPSA) is 60.0 Å². The molecule has 1 fully saturated rings. The molecule has 3 aromatic rings. The molecule has 1 N–H and O–H groups in total. The molecule has 3 aromatic carbocycles. The third kappa shape index (κ3) is 5.96. The Kier molecular flexibility index (Phi) is 7.93. The molecule has 12 heteroatoms. The summed E-state index contributed by atoms with van der Waals surface area (Å²) in [5.74, 6) is 0.863. The van der Waals surface area contributed by atoms with Crippen LogP contribution < -0.4 is 19.7 Å². The maximum absolute atomic E-state index is 13.4. The van der Waals surface area contributed by atoms with Crippen molar-refractivity contribution in [1.82, 2.24) is 5.32 Å². The van der Waals surface area contributed by atoms with Crippen LogP contribution in [0.4, 0.5) is 36.8 Å². The molecule has 0 unspecified atom stereocenters. The van der Waals surface area contributed by atoms with Gasteiger partial charge in [0, 0.05) is 6.07 Å². The summed E-state index contributed by atoms with van der Waals surface area (Å²) in [7, 11) is 2.92. The summed E-state index contributed by atoms with van der Waals surface area (Å²) >= 11 is 0. The van der Waals surface area contributed by atoms with Gasteiger partial charge in [-0.2, -0.15) is 26.3 Å². The number of amides is 2. The van der Waals surface area contributed by atoms with E-state index in [1.54, 1.807) is 48.5 Å². The zero-order valence-electron chi connectivity index (χ0n) is 21.7. The summed E-state index contributed by atoms with van der Waals surface area (Å²) in [6, 6.07) is 14.5. The molecule has 0 aliphatic carbocycles. The number of halogens is 6. The molecule has 1 aliphatic heterocycles. The molecule has 4 rings (SSSR count). The molecule has 0 spiro atoms. The molecular weight excluding hydrogens is 542 g/mol. The summed E-state index contributed by atoms with van der Waals surface area (Å²) in [6.07, 6.45) is -11.2. The number of hydrogen-bond donors (Lipinski definition) is 1. The second-order valence-electron chi connectivity index (χ2n) is 9.29. The van der Waals surface area contributed by atoms with Gasteiger partial charge in [0.05, 0.1) is 50.3 Å². The fourth-order valence-electron chi connectivity index (χ4n) is 4.52. The number of benzene rings is 3. The van der Waals surface area contributed by atoms with Gasteiger partial charge in [0.1, 0.15) is 17.0 Å². The molecule has 0 saturated carbocycles. The lowest BCUT2D eigenvalue weighted by molar-refractivity contribution is -0.143. The van der Waals surface area contributed by atoms with Crippen LogP contribution in [0.25, 0.3) is 0 Å². The molecule has 6 nitrogen and oxygen atoms in total. The summed E-state index contributed by atoms with van der Waals surface area (Å²) in [6.45, 7) is 1.13. The van der Waals surface area contributed by atoms with E-state index >= 15 is 0 Å². The van der Waals surface area contributed by atoms with Crippen LogP contribution in [-0.4, -0.2) is 33.4 Å². The number of nitrogens with one attached hydrogen (secondary N) is 1. The molecule has 0 bridgehead atoms. The predicted molar refractivity (Wildman–Crippen MR) is 134 cm³/mol. The van der Waals surface area contributed by atoms with Crippen molar-refractivity contribution in [2.75, 3.05) is 32.3 Å². The van der Waals surface area contributed by atoms with E-state index in [-0.39, 0.29) is 24.8 Å². The number of alkyl halides is 6. The molecular formula is C28H26F6N2O4. The predicted octanol–water partition coefficient (Wildman–Crippen LogP) is 6.94. The van der Waals surface area contributed by atoms with Crippen molar-refractivity contribution in [2.45, 2.75) is 30.9 Å². The Morgan fingerprint density at radius 1 is 0.900 bits per heavy atom. The minimum absolute atomic E-state index is 0.0294. The Hall–Kier alpha value is -3.93. The maximum Gasteiger partial charge on any atom is 0.416 e. The SMILES string of the molecule is COc1ccc(N2C[C@@](CO[C@H](C)c3cc(C(F)(F)F)cc(C(F)(F)F)c3)(c3ccccc3)NC2=O)c(OC)c1. The van der Waals surface area contributed by atoms with Gasteiger partial charge < -0.3 is 19.5 Å². The average Bonchev–Trinajstić information content (AvgIpc) is 3.27. The minimum Gasteiger partial charge on any atom is -0.497 e. The van der Waals surface area contributed by atoms with Crippen LogP contribution in [0.3, 0.4) is 0 Å². The highest BCUT2D eigenvalue weighted by Crippen LogP contribution is 2.40. The molecule has 2 atom stereocenters. The van der Waals surface area contributed by atoms with Crippen LogP contribution in [0.1, 0.15) is 35.3 Å². The van der Waals surface area contributed by atoms with Gasteiger partial charge in [-0.15, -0.1) is 0 Å². The molecule has 214 valence electrons. The summed E-state index contributed by atoms with van der Waals surface area (Å²) in [5.41, 5.74) is -3.30. The number of hydrogen-bond acceptors (Lipinski definition) is 4. The highest BCUT2D eigenvalue weighted by molar-refractivity contribution is 5.97. The Labute approximate surface area is 226 Å². The quantitative estimate of drug-likeness (QED) is 0.299. The van der Waals surface area contributed by atoms with E-state index < -0.39 is 41.2 Å². The fraction of sp³-hybridized carbons (Fsp3) is 0.321. The van der Waals surface area contributed by atoms with E-state index in [4.69, 9.17) is 14.2 Å².